The van der Waals surface area contributed by atoms with Gasteiger partial charge in [-0.05, 0) is 30.2 Å². The summed E-state index contributed by atoms with van der Waals surface area (Å²) >= 11 is 0. The zero-order valence-corrected chi connectivity index (χ0v) is 11.4. The predicted octanol–water partition coefficient (Wildman–Crippen LogP) is 0.828. The van der Waals surface area contributed by atoms with Crippen molar-refractivity contribution in [2.24, 2.45) is 0 Å². The van der Waals surface area contributed by atoms with Crippen LogP contribution >= 0.6 is 0 Å². The van der Waals surface area contributed by atoms with E-state index in [1.54, 1.807) is 6.07 Å². The summed E-state index contributed by atoms with van der Waals surface area (Å²) in [6.07, 6.45) is 0.882. The van der Waals surface area contributed by atoms with E-state index in [0.29, 0.717) is 12.2 Å². The highest BCUT2D eigenvalue weighted by atomic mass is 16.5. The third-order valence-electron chi connectivity index (χ3n) is 3.24. The molecule has 108 valence electrons. The Morgan fingerprint density at radius 3 is 2.95 bits per heavy atom. The Morgan fingerprint density at radius 2 is 2.25 bits per heavy atom. The van der Waals surface area contributed by atoms with Crippen molar-refractivity contribution >= 4 is 17.6 Å². The van der Waals surface area contributed by atoms with Gasteiger partial charge in [-0.25, -0.2) is 0 Å². The molecule has 1 aromatic rings. The Morgan fingerprint density at radius 1 is 1.45 bits per heavy atom. The van der Waals surface area contributed by atoms with Crippen molar-refractivity contribution in [1.29, 1.82) is 0 Å². The molecule has 2 N–H and O–H groups in total. The Bertz CT molecular complexity index is 516. The summed E-state index contributed by atoms with van der Waals surface area (Å²) in [4.78, 5) is 24.5. The zero-order chi connectivity index (χ0) is 14.5. The molecule has 0 aromatic heterocycles. The number of hydrogen-bond acceptors (Lipinski definition) is 4. The Kier molecular flexibility index (Phi) is 4.57. The van der Waals surface area contributed by atoms with Crippen molar-refractivity contribution in [2.45, 2.75) is 6.42 Å². The molecule has 1 aromatic carbocycles. The number of fused-ring (bicyclic) bond motifs is 1. The summed E-state index contributed by atoms with van der Waals surface area (Å²) in [5.41, 5.74) is 2.66. The van der Waals surface area contributed by atoms with Crippen LogP contribution in [0.1, 0.15) is 15.9 Å². The van der Waals surface area contributed by atoms with Crippen molar-refractivity contribution in [1.82, 2.24) is 4.90 Å². The molecule has 0 bridgehead atoms. The molecule has 1 heterocycles. The lowest BCUT2D eigenvalue weighted by molar-refractivity contribution is -0.137. The number of nitrogens with zero attached hydrogens (tertiary/aromatic N) is 1. The van der Waals surface area contributed by atoms with Gasteiger partial charge in [-0.1, -0.05) is 0 Å². The van der Waals surface area contributed by atoms with Gasteiger partial charge in [-0.3, -0.25) is 9.59 Å². The van der Waals surface area contributed by atoms with Gasteiger partial charge in [0.05, 0.1) is 6.61 Å². The minimum Gasteiger partial charge on any atom is -0.480 e. The summed E-state index contributed by atoms with van der Waals surface area (Å²) in [6, 6.07) is 5.42. The van der Waals surface area contributed by atoms with E-state index < -0.39 is 5.97 Å². The third-order valence-corrected chi connectivity index (χ3v) is 3.24. The number of anilines is 1. The molecule has 1 amide bonds. The molecular weight excluding hydrogens is 260 g/mol. The maximum atomic E-state index is 12.4. The van der Waals surface area contributed by atoms with Gasteiger partial charge in [-0.2, -0.15) is 0 Å². The molecule has 1 aliphatic heterocycles. The van der Waals surface area contributed by atoms with E-state index in [4.69, 9.17) is 9.84 Å². The van der Waals surface area contributed by atoms with Crippen molar-refractivity contribution < 1.29 is 19.4 Å². The second kappa shape index (κ2) is 6.38. The van der Waals surface area contributed by atoms with Crippen LogP contribution in [0.3, 0.4) is 0 Å². The van der Waals surface area contributed by atoms with Crippen LogP contribution in [-0.2, 0) is 16.0 Å². The highest BCUT2D eigenvalue weighted by Crippen LogP contribution is 2.23. The molecule has 6 heteroatoms. The lowest BCUT2D eigenvalue weighted by Crippen LogP contribution is -2.38. The highest BCUT2D eigenvalue weighted by Gasteiger charge is 2.20. The number of carbonyl (C=O) groups excluding carboxylic acids is 1. The lowest BCUT2D eigenvalue weighted by Gasteiger charge is -2.20. The van der Waals surface area contributed by atoms with Crippen LogP contribution in [-0.4, -0.2) is 55.2 Å². The first kappa shape index (κ1) is 14.3. The summed E-state index contributed by atoms with van der Waals surface area (Å²) in [7, 11) is 1.52. The number of carbonyl (C=O) groups is 2. The summed E-state index contributed by atoms with van der Waals surface area (Å²) in [6.45, 7) is 1.12. The van der Waals surface area contributed by atoms with Crippen molar-refractivity contribution in [3.8, 4) is 0 Å². The average molecular weight is 278 g/mol. The summed E-state index contributed by atoms with van der Waals surface area (Å²) < 4.78 is 4.92. The van der Waals surface area contributed by atoms with Gasteiger partial charge < -0.3 is 20.1 Å². The number of amides is 1. The van der Waals surface area contributed by atoms with E-state index in [9.17, 15) is 9.59 Å². The minimum atomic E-state index is -1.03. The minimum absolute atomic E-state index is 0.261. The van der Waals surface area contributed by atoms with E-state index in [-0.39, 0.29) is 19.0 Å². The third kappa shape index (κ3) is 3.27. The number of nitrogens with one attached hydrogen (secondary N) is 1. The number of carboxylic acid groups (broad SMARTS) is 1. The van der Waals surface area contributed by atoms with Crippen LogP contribution in [0.5, 0.6) is 0 Å². The second-order valence-corrected chi connectivity index (χ2v) is 4.66. The van der Waals surface area contributed by atoms with Crippen LogP contribution in [0.2, 0.25) is 0 Å². The molecule has 0 radical (unpaired) electrons. The smallest absolute Gasteiger partial charge is 0.323 e. The average Bonchev–Trinajstić information content (AvgIpc) is 2.89. The first-order valence-corrected chi connectivity index (χ1v) is 6.48. The van der Waals surface area contributed by atoms with E-state index in [0.717, 1.165) is 24.2 Å². The summed E-state index contributed by atoms with van der Waals surface area (Å²) in [5, 5.41) is 12.1. The van der Waals surface area contributed by atoms with E-state index in [1.807, 2.05) is 12.1 Å². The largest absolute Gasteiger partial charge is 0.480 e. The fourth-order valence-corrected chi connectivity index (χ4v) is 2.24. The Hall–Kier alpha value is -2.08. The molecular formula is C14H18N2O4. The molecule has 0 saturated heterocycles. The number of methoxy groups -OCH3 is 1. The maximum absolute atomic E-state index is 12.4. The van der Waals surface area contributed by atoms with Gasteiger partial charge in [0.25, 0.3) is 5.91 Å². The van der Waals surface area contributed by atoms with Crippen molar-refractivity contribution in [3.63, 3.8) is 0 Å². The second-order valence-electron chi connectivity index (χ2n) is 4.66. The first-order chi connectivity index (χ1) is 9.61. The fourth-order valence-electron chi connectivity index (χ4n) is 2.24. The van der Waals surface area contributed by atoms with E-state index in [2.05, 4.69) is 5.32 Å². The standard InChI is InChI=1S/C14H18N2O4/c1-20-7-6-16(9-13(17)18)14(19)11-2-3-12-10(8-11)4-5-15-12/h2-3,8,15H,4-7,9H2,1H3,(H,17,18). The number of aliphatic carboxylic acids is 1. The van der Waals surface area contributed by atoms with E-state index >= 15 is 0 Å². The maximum Gasteiger partial charge on any atom is 0.323 e. The molecule has 20 heavy (non-hydrogen) atoms. The number of rotatable bonds is 6. The summed E-state index contributed by atoms with van der Waals surface area (Å²) in [5.74, 6) is -1.31. The first-order valence-electron chi connectivity index (χ1n) is 6.48. The van der Waals surface area contributed by atoms with Crippen LogP contribution < -0.4 is 5.32 Å². The van der Waals surface area contributed by atoms with Crippen molar-refractivity contribution in [3.05, 3.63) is 29.3 Å². The van der Waals surface area contributed by atoms with E-state index in [1.165, 1.54) is 12.0 Å². The lowest BCUT2D eigenvalue weighted by atomic mass is 10.1. The Balaban J connectivity index is 2.15. The SMILES string of the molecule is COCCN(CC(=O)O)C(=O)c1ccc2c(c1)CCN2. The molecule has 2 rings (SSSR count). The molecule has 0 atom stereocenters. The van der Waals surface area contributed by atoms with Gasteiger partial charge in [0, 0.05) is 31.5 Å². The van der Waals surface area contributed by atoms with Gasteiger partial charge in [-0.15, -0.1) is 0 Å². The highest BCUT2D eigenvalue weighted by molar-refractivity contribution is 5.96. The molecule has 0 spiro atoms. The number of ether oxygens (including phenoxy) is 1. The van der Waals surface area contributed by atoms with Gasteiger partial charge in [0.1, 0.15) is 6.54 Å². The molecule has 0 saturated carbocycles. The molecule has 0 unspecified atom stereocenters. The van der Waals surface area contributed by atoms with Gasteiger partial charge in [0.2, 0.25) is 0 Å². The van der Waals surface area contributed by atoms with Crippen LogP contribution in [0.15, 0.2) is 18.2 Å². The monoisotopic (exact) mass is 278 g/mol. The predicted molar refractivity (Wildman–Crippen MR) is 74.1 cm³/mol. The van der Waals surface area contributed by atoms with Crippen molar-refractivity contribution in [2.75, 3.05) is 38.7 Å². The topological polar surface area (TPSA) is 78.9 Å². The number of benzene rings is 1. The Labute approximate surface area is 117 Å². The molecule has 1 aliphatic rings. The van der Waals surface area contributed by atoms with Gasteiger partial charge >= 0.3 is 5.97 Å². The molecule has 0 fully saturated rings. The number of carboxylic acids is 1. The van der Waals surface area contributed by atoms with Crippen LogP contribution in [0, 0.1) is 0 Å². The van der Waals surface area contributed by atoms with Crippen LogP contribution in [0.4, 0.5) is 5.69 Å². The van der Waals surface area contributed by atoms with Crippen LogP contribution in [0.25, 0.3) is 0 Å². The molecule has 6 nitrogen and oxygen atoms in total. The zero-order valence-electron chi connectivity index (χ0n) is 11.4. The number of hydrogen-bond donors (Lipinski definition) is 2. The fraction of sp³-hybridized carbons (Fsp3) is 0.429. The normalized spacial score (nSPS) is 12.7. The van der Waals surface area contributed by atoms with Gasteiger partial charge in [0.15, 0.2) is 0 Å². The quantitative estimate of drug-likeness (QED) is 0.805. The molecule has 0 aliphatic carbocycles.